The van der Waals surface area contributed by atoms with Gasteiger partial charge in [-0.3, -0.25) is 0 Å². The molecule has 250 valence electrons. The molecule has 1 heteroatoms. The van der Waals surface area contributed by atoms with Crippen LogP contribution in [0.25, 0.3) is 66.4 Å². The fraction of sp³-hybridized carbons (Fsp3) is 0. The molecule has 9 aromatic carbocycles. The second kappa shape index (κ2) is 14.3. The van der Waals surface area contributed by atoms with Crippen molar-refractivity contribution in [2.24, 2.45) is 0 Å². The molecule has 0 atom stereocenters. The van der Waals surface area contributed by atoms with Gasteiger partial charge in [0.1, 0.15) is 0 Å². The standard InChI is InChI=1S/C52H37N/c1-3-11-38(12-4-1)41-21-23-42(24-22-41)43-27-31-50(32-28-43)53(52-20-10-19-48(37-52)49-26-25-40-15-7-8-16-45(40)36-49)51-33-29-44(30-34-51)47-18-9-17-46(35-47)39-13-5-2-6-14-39/h1-37H/i1D,3D,4D,11D,12D,21D,22D,23D,24D,27D,28D,31D,32D. The third-order valence-corrected chi connectivity index (χ3v) is 9.08. The lowest BCUT2D eigenvalue weighted by Gasteiger charge is -2.26. The highest BCUT2D eigenvalue weighted by Crippen LogP contribution is 2.39. The van der Waals surface area contributed by atoms with Crippen LogP contribution in [0.15, 0.2) is 224 Å². The molecular weight excluding hydrogens is 639 g/mol. The zero-order valence-corrected chi connectivity index (χ0v) is 28.3. The Balaban J connectivity index is 1.22. The SMILES string of the molecule is [2H]c1c([2H])c([2H])c(-c2c([2H])c([2H])c(-c3c([2H])c([2H])c(N(c4ccc(-c5cccc(-c6ccccc6)c5)cc4)c4cccc(-c5ccc6ccccc6c5)c4)c([2H])c3[2H])c([2H])c2[2H])c([2H])c1[2H]. The number of benzene rings is 9. The van der Waals surface area contributed by atoms with Crippen LogP contribution in [0.2, 0.25) is 0 Å². The van der Waals surface area contributed by atoms with Gasteiger partial charge in [-0.1, -0.05) is 176 Å². The van der Waals surface area contributed by atoms with Crippen LogP contribution in [0, 0.1) is 0 Å². The van der Waals surface area contributed by atoms with Crippen molar-refractivity contribution in [2.75, 3.05) is 4.90 Å². The van der Waals surface area contributed by atoms with E-state index in [0.29, 0.717) is 11.4 Å². The minimum Gasteiger partial charge on any atom is -0.310 e. The Morgan fingerprint density at radius 2 is 0.755 bits per heavy atom. The normalized spacial score (nSPS) is 14.5. The van der Waals surface area contributed by atoms with Crippen LogP contribution in [-0.4, -0.2) is 0 Å². The number of fused-ring (bicyclic) bond motifs is 1. The molecule has 0 saturated heterocycles. The zero-order valence-electron chi connectivity index (χ0n) is 41.3. The summed E-state index contributed by atoms with van der Waals surface area (Å²) in [7, 11) is 0. The van der Waals surface area contributed by atoms with Gasteiger partial charge in [-0.15, -0.1) is 0 Å². The molecule has 53 heavy (non-hydrogen) atoms. The van der Waals surface area contributed by atoms with Crippen LogP contribution in [0.3, 0.4) is 0 Å². The Kier molecular flexibility index (Phi) is 5.62. The van der Waals surface area contributed by atoms with Crippen LogP contribution >= 0.6 is 0 Å². The van der Waals surface area contributed by atoms with Gasteiger partial charge in [0.05, 0.1) is 17.8 Å². The molecule has 9 aromatic rings. The first-order valence-corrected chi connectivity index (χ1v) is 17.1. The fourth-order valence-corrected chi connectivity index (χ4v) is 6.39. The maximum absolute atomic E-state index is 9.53. The minimum absolute atomic E-state index is 0.130. The van der Waals surface area contributed by atoms with Gasteiger partial charge in [0.2, 0.25) is 0 Å². The third kappa shape index (κ3) is 6.77. The molecule has 9 rings (SSSR count). The molecular formula is C52H37N. The van der Waals surface area contributed by atoms with Crippen LogP contribution in [0.5, 0.6) is 0 Å². The second-order valence-corrected chi connectivity index (χ2v) is 12.4. The van der Waals surface area contributed by atoms with E-state index in [1.807, 2.05) is 133 Å². The van der Waals surface area contributed by atoms with E-state index in [1.165, 1.54) is 0 Å². The summed E-state index contributed by atoms with van der Waals surface area (Å²) in [5, 5.41) is 2.11. The average molecular weight is 689 g/mol. The van der Waals surface area contributed by atoms with Gasteiger partial charge >= 0.3 is 0 Å². The minimum atomic E-state index is -0.771. The van der Waals surface area contributed by atoms with Gasteiger partial charge in [-0.05, 0) is 115 Å². The van der Waals surface area contributed by atoms with E-state index in [9.17, 15) is 5.48 Å². The predicted molar refractivity (Wildman–Crippen MR) is 226 cm³/mol. The first kappa shape index (κ1) is 20.8. The van der Waals surface area contributed by atoms with E-state index in [1.54, 1.807) is 4.90 Å². The lowest BCUT2D eigenvalue weighted by molar-refractivity contribution is 1.28. The van der Waals surface area contributed by atoms with Crippen molar-refractivity contribution in [1.82, 2.24) is 0 Å². The first-order valence-electron chi connectivity index (χ1n) is 23.6. The van der Waals surface area contributed by atoms with Gasteiger partial charge < -0.3 is 4.90 Å². The van der Waals surface area contributed by atoms with Crippen molar-refractivity contribution in [2.45, 2.75) is 0 Å². The molecule has 0 aliphatic carbocycles. The van der Waals surface area contributed by atoms with E-state index in [0.717, 1.165) is 44.2 Å². The number of nitrogens with zero attached hydrogens (tertiary/aromatic N) is 1. The van der Waals surface area contributed by atoms with Crippen LogP contribution in [0.1, 0.15) is 17.8 Å². The van der Waals surface area contributed by atoms with Gasteiger partial charge in [-0.25, -0.2) is 0 Å². The van der Waals surface area contributed by atoms with Crippen molar-refractivity contribution < 1.29 is 17.8 Å². The quantitative estimate of drug-likeness (QED) is 0.154. The third-order valence-electron chi connectivity index (χ3n) is 9.08. The van der Waals surface area contributed by atoms with Crippen LogP contribution in [0.4, 0.5) is 17.1 Å². The van der Waals surface area contributed by atoms with Crippen molar-refractivity contribution >= 4 is 27.8 Å². The smallest absolute Gasteiger partial charge is 0.0645 e. The average Bonchev–Trinajstić information content (AvgIpc) is 3.35. The maximum Gasteiger partial charge on any atom is 0.0645 e. The second-order valence-electron chi connectivity index (χ2n) is 12.4. The number of rotatable bonds is 8. The Morgan fingerprint density at radius 3 is 1.43 bits per heavy atom. The van der Waals surface area contributed by atoms with E-state index in [2.05, 4.69) is 12.1 Å². The number of hydrogen-bond acceptors (Lipinski definition) is 1. The molecule has 0 aliphatic heterocycles. The molecule has 0 unspecified atom stereocenters. The topological polar surface area (TPSA) is 3.24 Å². The highest BCUT2D eigenvalue weighted by molar-refractivity contribution is 5.89. The fourth-order valence-electron chi connectivity index (χ4n) is 6.39. The molecule has 0 amide bonds. The van der Waals surface area contributed by atoms with Crippen molar-refractivity contribution in [3.8, 4) is 55.6 Å². The van der Waals surface area contributed by atoms with Gasteiger partial charge in [-0.2, -0.15) is 0 Å². The van der Waals surface area contributed by atoms with Crippen molar-refractivity contribution in [3.63, 3.8) is 0 Å². The lowest BCUT2D eigenvalue weighted by Crippen LogP contribution is -2.10. The number of hydrogen-bond donors (Lipinski definition) is 0. The predicted octanol–water partition coefficient (Wildman–Crippen LogP) is 14.6. The molecule has 0 aliphatic rings. The summed E-state index contributed by atoms with van der Waals surface area (Å²) in [6.07, 6.45) is 0. The van der Waals surface area contributed by atoms with E-state index < -0.39 is 101 Å². The molecule has 0 bridgehead atoms. The van der Waals surface area contributed by atoms with Gasteiger partial charge in [0.15, 0.2) is 0 Å². The molecule has 0 spiro atoms. The lowest BCUT2D eigenvalue weighted by atomic mass is 9.98. The summed E-state index contributed by atoms with van der Waals surface area (Å²) in [6, 6.07) is 38.4. The molecule has 0 aromatic heterocycles. The largest absolute Gasteiger partial charge is 0.310 e. The summed E-state index contributed by atoms with van der Waals surface area (Å²) in [5.74, 6) is 0. The summed E-state index contributed by atoms with van der Waals surface area (Å²) in [6.45, 7) is 0. The van der Waals surface area contributed by atoms with Gasteiger partial charge in [0, 0.05) is 17.1 Å². The molecule has 0 radical (unpaired) electrons. The molecule has 0 saturated carbocycles. The Bertz CT molecular complexity index is 3320. The summed E-state index contributed by atoms with van der Waals surface area (Å²) < 4.78 is 115. The highest BCUT2D eigenvalue weighted by atomic mass is 15.1. The molecule has 0 N–H and O–H groups in total. The highest BCUT2D eigenvalue weighted by Gasteiger charge is 2.15. The molecule has 0 heterocycles. The van der Waals surface area contributed by atoms with Crippen molar-refractivity contribution in [1.29, 1.82) is 0 Å². The van der Waals surface area contributed by atoms with Gasteiger partial charge in [0.25, 0.3) is 0 Å². The Morgan fingerprint density at radius 1 is 0.264 bits per heavy atom. The monoisotopic (exact) mass is 688 g/mol. The van der Waals surface area contributed by atoms with E-state index >= 15 is 0 Å². The summed E-state index contributed by atoms with van der Waals surface area (Å²) >= 11 is 0. The molecule has 0 fully saturated rings. The van der Waals surface area contributed by atoms with Crippen LogP contribution < -0.4 is 4.90 Å². The van der Waals surface area contributed by atoms with E-state index in [4.69, 9.17) is 12.3 Å². The Hall–Kier alpha value is -6.96. The molecule has 1 nitrogen and oxygen atoms in total. The van der Waals surface area contributed by atoms with Crippen molar-refractivity contribution in [3.05, 3.63) is 224 Å². The zero-order chi connectivity index (χ0) is 46.7. The van der Waals surface area contributed by atoms with Crippen LogP contribution in [-0.2, 0) is 0 Å². The first-order chi connectivity index (χ1) is 31.7. The van der Waals surface area contributed by atoms with E-state index in [-0.39, 0.29) is 5.69 Å². The summed E-state index contributed by atoms with van der Waals surface area (Å²) in [4.78, 5) is 1.63. The number of anilines is 3. The Labute approximate surface area is 330 Å². The maximum atomic E-state index is 9.53. The summed E-state index contributed by atoms with van der Waals surface area (Å²) in [5.41, 5.74) is 4.49.